The third-order valence-corrected chi connectivity index (χ3v) is 1.26. The normalized spacial score (nSPS) is 13.4. The Morgan fingerprint density at radius 3 is 2.70 bits per heavy atom. The zero-order valence-electron chi connectivity index (χ0n) is 6.63. The molecular weight excluding hydrogens is 124 g/mol. The minimum Gasteiger partial charge on any atom is -0.295 e. The molecule has 0 spiro atoms. The lowest BCUT2D eigenvalue weighted by Gasteiger charge is -1.97. The van der Waals surface area contributed by atoms with Gasteiger partial charge < -0.3 is 0 Å². The van der Waals surface area contributed by atoms with Gasteiger partial charge in [-0.05, 0) is 25.3 Å². The fourth-order valence-electron chi connectivity index (χ4n) is 0.545. The number of carbonyl (C=O) groups is 1. The summed E-state index contributed by atoms with van der Waals surface area (Å²) < 4.78 is 0. The number of rotatable bonds is 4. The van der Waals surface area contributed by atoms with Crippen LogP contribution in [-0.2, 0) is 4.79 Å². The maximum atomic E-state index is 10.4. The predicted molar refractivity (Wildman–Crippen MR) is 43.8 cm³/mol. The van der Waals surface area contributed by atoms with E-state index >= 15 is 0 Å². The molecule has 0 aromatic rings. The van der Waals surface area contributed by atoms with E-state index in [-0.39, 0.29) is 5.78 Å². The highest BCUT2D eigenvalue weighted by atomic mass is 16.1. The van der Waals surface area contributed by atoms with E-state index in [4.69, 9.17) is 0 Å². The van der Waals surface area contributed by atoms with Crippen LogP contribution in [0.2, 0.25) is 0 Å². The molecule has 0 aromatic carbocycles. The smallest absolute Gasteiger partial charge is 0.152 e. The van der Waals surface area contributed by atoms with E-state index < -0.39 is 0 Å². The van der Waals surface area contributed by atoms with Crippen molar-refractivity contribution in [2.24, 2.45) is 5.92 Å². The van der Waals surface area contributed by atoms with Gasteiger partial charge in [-0.1, -0.05) is 19.1 Å². The SMILES string of the molecule is C=C[C@@H](C)C/C=C/C(C)=O. The second kappa shape index (κ2) is 4.98. The molecule has 10 heavy (non-hydrogen) atoms. The Morgan fingerprint density at radius 1 is 1.70 bits per heavy atom. The van der Waals surface area contributed by atoms with E-state index in [1.165, 1.54) is 0 Å². The van der Waals surface area contributed by atoms with E-state index in [0.29, 0.717) is 5.92 Å². The molecule has 1 atom stereocenters. The molecule has 0 unspecified atom stereocenters. The Morgan fingerprint density at radius 2 is 2.30 bits per heavy atom. The topological polar surface area (TPSA) is 17.1 Å². The first-order chi connectivity index (χ1) is 4.66. The third-order valence-electron chi connectivity index (χ3n) is 1.26. The minimum absolute atomic E-state index is 0.108. The van der Waals surface area contributed by atoms with E-state index in [1.54, 1.807) is 13.0 Å². The van der Waals surface area contributed by atoms with Crippen LogP contribution in [0.1, 0.15) is 20.3 Å². The Kier molecular flexibility index (Phi) is 4.55. The standard InChI is InChI=1S/C9H14O/c1-4-8(2)6-5-7-9(3)10/h4-5,7-8H,1,6H2,2-3H3/b7-5+/t8-/m1/s1. The number of carbonyl (C=O) groups excluding carboxylic acids is 1. The lowest BCUT2D eigenvalue weighted by molar-refractivity contribution is -0.112. The van der Waals surface area contributed by atoms with Gasteiger partial charge in [0.25, 0.3) is 0 Å². The Balaban J connectivity index is 3.52. The molecule has 1 nitrogen and oxygen atoms in total. The molecule has 0 amide bonds. The summed E-state index contributed by atoms with van der Waals surface area (Å²) in [6.45, 7) is 7.26. The van der Waals surface area contributed by atoms with Crippen LogP contribution in [0.4, 0.5) is 0 Å². The Hall–Kier alpha value is -0.850. The average molecular weight is 138 g/mol. The van der Waals surface area contributed by atoms with Gasteiger partial charge in [0.1, 0.15) is 0 Å². The van der Waals surface area contributed by atoms with Crippen molar-refractivity contribution in [3.05, 3.63) is 24.8 Å². The average Bonchev–Trinajstić information content (AvgIpc) is 1.87. The van der Waals surface area contributed by atoms with Gasteiger partial charge in [-0.15, -0.1) is 6.58 Å². The van der Waals surface area contributed by atoms with Gasteiger partial charge >= 0.3 is 0 Å². The van der Waals surface area contributed by atoms with Gasteiger partial charge in [-0.2, -0.15) is 0 Å². The van der Waals surface area contributed by atoms with Crippen LogP contribution in [0.15, 0.2) is 24.8 Å². The quantitative estimate of drug-likeness (QED) is 0.430. The maximum absolute atomic E-state index is 10.4. The summed E-state index contributed by atoms with van der Waals surface area (Å²) in [5, 5.41) is 0. The first kappa shape index (κ1) is 9.15. The van der Waals surface area contributed by atoms with Crippen LogP contribution in [-0.4, -0.2) is 5.78 Å². The van der Waals surface area contributed by atoms with Gasteiger partial charge in [-0.25, -0.2) is 0 Å². The predicted octanol–water partition coefficient (Wildman–Crippen LogP) is 2.34. The summed E-state index contributed by atoms with van der Waals surface area (Å²) in [6, 6.07) is 0. The lowest BCUT2D eigenvalue weighted by atomic mass is 10.1. The van der Waals surface area contributed by atoms with Crippen molar-refractivity contribution < 1.29 is 4.79 Å². The number of ketones is 1. The van der Waals surface area contributed by atoms with Crippen LogP contribution < -0.4 is 0 Å². The molecule has 0 bridgehead atoms. The van der Waals surface area contributed by atoms with Gasteiger partial charge in [0, 0.05) is 0 Å². The van der Waals surface area contributed by atoms with Crippen molar-refractivity contribution in [3.8, 4) is 0 Å². The molecule has 0 heterocycles. The molecule has 0 fully saturated rings. The number of hydrogen-bond acceptors (Lipinski definition) is 1. The minimum atomic E-state index is 0.108. The molecule has 0 aliphatic carbocycles. The molecule has 1 heteroatoms. The van der Waals surface area contributed by atoms with Gasteiger partial charge in [0.2, 0.25) is 0 Å². The largest absolute Gasteiger partial charge is 0.295 e. The first-order valence-corrected chi connectivity index (χ1v) is 3.46. The summed E-state index contributed by atoms with van der Waals surface area (Å²) in [4.78, 5) is 10.4. The van der Waals surface area contributed by atoms with Crippen LogP contribution in [0.25, 0.3) is 0 Å². The first-order valence-electron chi connectivity index (χ1n) is 3.46. The van der Waals surface area contributed by atoms with Crippen molar-refractivity contribution in [3.63, 3.8) is 0 Å². The molecule has 0 saturated carbocycles. The van der Waals surface area contributed by atoms with E-state index in [1.807, 2.05) is 12.2 Å². The fourth-order valence-corrected chi connectivity index (χ4v) is 0.545. The lowest BCUT2D eigenvalue weighted by Crippen LogP contribution is -1.86. The summed E-state index contributed by atoms with van der Waals surface area (Å²) >= 11 is 0. The van der Waals surface area contributed by atoms with E-state index in [0.717, 1.165) is 6.42 Å². The molecule has 56 valence electrons. The number of allylic oxidation sites excluding steroid dienone is 3. The monoisotopic (exact) mass is 138 g/mol. The molecule has 0 aliphatic heterocycles. The Labute approximate surface area is 62.4 Å². The van der Waals surface area contributed by atoms with E-state index in [9.17, 15) is 4.79 Å². The summed E-state index contributed by atoms with van der Waals surface area (Å²) in [7, 11) is 0. The summed E-state index contributed by atoms with van der Waals surface area (Å²) in [5.41, 5.74) is 0. The molecule has 0 saturated heterocycles. The van der Waals surface area contributed by atoms with Crippen molar-refractivity contribution in [2.45, 2.75) is 20.3 Å². The molecule has 0 aliphatic rings. The van der Waals surface area contributed by atoms with Crippen molar-refractivity contribution in [1.29, 1.82) is 0 Å². The zero-order valence-corrected chi connectivity index (χ0v) is 6.63. The molecule has 0 rings (SSSR count). The van der Waals surface area contributed by atoms with Gasteiger partial charge in [0.05, 0.1) is 0 Å². The highest BCUT2D eigenvalue weighted by molar-refractivity contribution is 5.87. The third kappa shape index (κ3) is 5.29. The highest BCUT2D eigenvalue weighted by Gasteiger charge is 1.90. The van der Waals surface area contributed by atoms with Gasteiger partial charge in [0.15, 0.2) is 5.78 Å². The second-order valence-electron chi connectivity index (χ2n) is 2.46. The molecular formula is C9H14O. The van der Waals surface area contributed by atoms with Crippen LogP contribution >= 0.6 is 0 Å². The number of hydrogen-bond donors (Lipinski definition) is 0. The maximum Gasteiger partial charge on any atom is 0.152 e. The molecule has 0 N–H and O–H groups in total. The zero-order chi connectivity index (χ0) is 7.98. The van der Waals surface area contributed by atoms with E-state index in [2.05, 4.69) is 13.5 Å². The Bertz CT molecular complexity index is 145. The van der Waals surface area contributed by atoms with Crippen LogP contribution in [0.5, 0.6) is 0 Å². The van der Waals surface area contributed by atoms with Crippen LogP contribution in [0, 0.1) is 5.92 Å². The van der Waals surface area contributed by atoms with Crippen LogP contribution in [0.3, 0.4) is 0 Å². The van der Waals surface area contributed by atoms with Crippen molar-refractivity contribution in [2.75, 3.05) is 0 Å². The second-order valence-corrected chi connectivity index (χ2v) is 2.46. The van der Waals surface area contributed by atoms with Crippen molar-refractivity contribution in [1.82, 2.24) is 0 Å². The fraction of sp³-hybridized carbons (Fsp3) is 0.444. The van der Waals surface area contributed by atoms with Gasteiger partial charge in [-0.3, -0.25) is 4.79 Å². The molecule has 0 aromatic heterocycles. The summed E-state index contributed by atoms with van der Waals surface area (Å²) in [5.74, 6) is 0.576. The molecule has 0 radical (unpaired) electrons. The summed E-state index contributed by atoms with van der Waals surface area (Å²) in [6.07, 6.45) is 6.27. The highest BCUT2D eigenvalue weighted by Crippen LogP contribution is 2.02. The van der Waals surface area contributed by atoms with Crippen molar-refractivity contribution >= 4 is 5.78 Å².